The van der Waals surface area contributed by atoms with E-state index in [1.54, 1.807) is 11.3 Å². The van der Waals surface area contributed by atoms with E-state index in [0.29, 0.717) is 0 Å². The molecule has 0 aliphatic carbocycles. The first kappa shape index (κ1) is 10.4. The molecular weight excluding hydrogens is 230 g/mol. The van der Waals surface area contributed by atoms with Gasteiger partial charge >= 0.3 is 0 Å². The van der Waals surface area contributed by atoms with Gasteiger partial charge in [0.05, 0.1) is 4.88 Å². The lowest BCUT2D eigenvalue weighted by molar-refractivity contribution is 1.10. The van der Waals surface area contributed by atoms with Gasteiger partial charge in [0.25, 0.3) is 0 Å². The van der Waals surface area contributed by atoms with E-state index < -0.39 is 0 Å². The van der Waals surface area contributed by atoms with E-state index in [-0.39, 0.29) is 0 Å². The Morgan fingerprint density at radius 1 is 1.18 bits per heavy atom. The summed E-state index contributed by atoms with van der Waals surface area (Å²) in [7, 11) is 0. The van der Waals surface area contributed by atoms with Crippen LogP contribution in [0.1, 0.15) is 10.6 Å². The molecule has 0 unspecified atom stereocenters. The van der Waals surface area contributed by atoms with Crippen molar-refractivity contribution in [2.24, 2.45) is 0 Å². The van der Waals surface area contributed by atoms with Gasteiger partial charge in [-0.05, 0) is 38.1 Å². The Hall–Kier alpha value is -1.81. The van der Waals surface area contributed by atoms with Crippen molar-refractivity contribution >= 4 is 22.8 Å². The minimum absolute atomic E-state index is 0.722. The summed E-state index contributed by atoms with van der Waals surface area (Å²) in [6.45, 7) is 4.12. The molecule has 3 aromatic heterocycles. The van der Waals surface area contributed by atoms with Crippen LogP contribution in [0.15, 0.2) is 30.3 Å². The summed E-state index contributed by atoms with van der Waals surface area (Å²) in [5.41, 5.74) is 9.08. The summed E-state index contributed by atoms with van der Waals surface area (Å²) in [6.07, 6.45) is 0. The number of hydrogen-bond acceptors (Lipinski definition) is 3. The zero-order valence-electron chi connectivity index (χ0n) is 9.77. The smallest absolute Gasteiger partial charge is 0.139 e. The maximum absolute atomic E-state index is 6.19. The van der Waals surface area contributed by atoms with E-state index in [1.807, 2.05) is 29.5 Å². The Kier molecular flexibility index (Phi) is 2.19. The predicted octanol–water partition coefficient (Wildman–Crippen LogP) is 3.26. The maximum atomic E-state index is 6.19. The van der Waals surface area contributed by atoms with Gasteiger partial charge < -0.3 is 5.73 Å². The van der Waals surface area contributed by atoms with Gasteiger partial charge in [0, 0.05) is 10.6 Å². The molecule has 17 heavy (non-hydrogen) atoms. The molecule has 0 amide bonds. The Balaban J connectivity index is 2.32. The number of aromatic nitrogens is 2. The largest absolute Gasteiger partial charge is 0.383 e. The molecule has 0 fully saturated rings. The van der Waals surface area contributed by atoms with Crippen molar-refractivity contribution in [3.63, 3.8) is 0 Å². The van der Waals surface area contributed by atoms with Crippen molar-refractivity contribution in [1.29, 1.82) is 0 Å². The molecule has 0 saturated heterocycles. The number of nitrogens with two attached hydrogens (primary N) is 1. The van der Waals surface area contributed by atoms with Gasteiger partial charge in [-0.3, -0.25) is 4.40 Å². The molecule has 0 spiro atoms. The van der Waals surface area contributed by atoms with Gasteiger partial charge in [0.2, 0.25) is 0 Å². The van der Waals surface area contributed by atoms with Crippen LogP contribution in [0.3, 0.4) is 0 Å². The minimum Gasteiger partial charge on any atom is -0.383 e. The highest BCUT2D eigenvalue weighted by atomic mass is 32.1. The van der Waals surface area contributed by atoms with Crippen LogP contribution in [0, 0.1) is 13.8 Å². The fourth-order valence-electron chi connectivity index (χ4n) is 2.02. The molecule has 3 rings (SSSR count). The van der Waals surface area contributed by atoms with Gasteiger partial charge in [0.1, 0.15) is 17.2 Å². The first-order valence-corrected chi connectivity index (χ1v) is 6.29. The quantitative estimate of drug-likeness (QED) is 0.713. The monoisotopic (exact) mass is 243 g/mol. The number of fused-ring (bicyclic) bond motifs is 1. The third-order valence-corrected chi connectivity index (χ3v) is 3.86. The molecule has 2 N–H and O–H groups in total. The highest BCUT2D eigenvalue weighted by molar-refractivity contribution is 7.15. The Labute approximate surface area is 104 Å². The minimum atomic E-state index is 0.722. The number of hydrogen-bond donors (Lipinski definition) is 1. The van der Waals surface area contributed by atoms with Crippen LogP contribution in [-0.4, -0.2) is 9.38 Å². The van der Waals surface area contributed by atoms with Crippen LogP contribution < -0.4 is 5.73 Å². The zero-order valence-corrected chi connectivity index (χ0v) is 10.6. The Morgan fingerprint density at radius 2 is 2.00 bits per heavy atom. The lowest BCUT2D eigenvalue weighted by atomic mass is 10.3. The molecular formula is C13H13N3S. The summed E-state index contributed by atoms with van der Waals surface area (Å²) in [4.78, 5) is 7.00. The average molecular weight is 243 g/mol. The van der Waals surface area contributed by atoms with Gasteiger partial charge in [-0.2, -0.15) is 0 Å². The van der Waals surface area contributed by atoms with Crippen LogP contribution >= 0.6 is 11.3 Å². The molecule has 0 bridgehead atoms. The van der Waals surface area contributed by atoms with Crippen LogP contribution in [-0.2, 0) is 0 Å². The zero-order chi connectivity index (χ0) is 12.0. The molecule has 0 aliphatic rings. The van der Waals surface area contributed by atoms with E-state index in [9.17, 15) is 0 Å². The van der Waals surface area contributed by atoms with Crippen LogP contribution in [0.4, 0.5) is 5.82 Å². The van der Waals surface area contributed by atoms with Crippen LogP contribution in [0.2, 0.25) is 0 Å². The topological polar surface area (TPSA) is 43.3 Å². The lowest BCUT2D eigenvalue weighted by Gasteiger charge is -2.00. The van der Waals surface area contributed by atoms with E-state index in [2.05, 4.69) is 24.0 Å². The number of thiophene rings is 1. The van der Waals surface area contributed by atoms with Crippen molar-refractivity contribution in [2.75, 3.05) is 5.73 Å². The van der Waals surface area contributed by atoms with Gasteiger partial charge in [0.15, 0.2) is 0 Å². The predicted molar refractivity (Wildman–Crippen MR) is 72.4 cm³/mol. The molecule has 0 atom stereocenters. The first-order valence-electron chi connectivity index (χ1n) is 5.47. The van der Waals surface area contributed by atoms with Crippen LogP contribution in [0.25, 0.3) is 16.2 Å². The maximum Gasteiger partial charge on any atom is 0.139 e. The van der Waals surface area contributed by atoms with Crippen molar-refractivity contribution < 1.29 is 0 Å². The number of aryl methyl sites for hydroxylation is 2. The molecule has 0 radical (unpaired) electrons. The highest BCUT2D eigenvalue weighted by Crippen LogP contribution is 2.32. The number of nitrogens with zero attached hydrogens (tertiary/aromatic N) is 2. The molecule has 4 heteroatoms. The number of rotatable bonds is 1. The second-order valence-corrected chi connectivity index (χ2v) is 5.40. The molecule has 3 heterocycles. The lowest BCUT2D eigenvalue weighted by Crippen LogP contribution is -1.96. The summed E-state index contributed by atoms with van der Waals surface area (Å²) in [5, 5.41) is 0. The fraction of sp³-hybridized carbons (Fsp3) is 0.154. The number of imidazole rings is 1. The van der Waals surface area contributed by atoms with Crippen molar-refractivity contribution in [1.82, 2.24) is 9.38 Å². The summed E-state index contributed by atoms with van der Waals surface area (Å²) in [6, 6.07) is 10.2. The standard InChI is InChI=1S/C13H13N3S/c1-8-4-3-5-11-15-12(13(14)16(8)11)10-7-6-9(2)17-10/h3-7H,14H2,1-2H3. The van der Waals surface area contributed by atoms with E-state index >= 15 is 0 Å². The number of nitrogen functional groups attached to an aromatic ring is 1. The Bertz CT molecular complexity index is 694. The molecule has 0 aliphatic heterocycles. The number of anilines is 1. The Morgan fingerprint density at radius 3 is 2.65 bits per heavy atom. The summed E-state index contributed by atoms with van der Waals surface area (Å²) < 4.78 is 1.99. The molecule has 0 saturated carbocycles. The third kappa shape index (κ3) is 1.52. The molecule has 3 nitrogen and oxygen atoms in total. The number of pyridine rings is 1. The second-order valence-electron chi connectivity index (χ2n) is 4.12. The average Bonchev–Trinajstić information content (AvgIpc) is 2.84. The van der Waals surface area contributed by atoms with Crippen molar-refractivity contribution in [3.8, 4) is 10.6 Å². The molecule has 3 aromatic rings. The normalized spacial score (nSPS) is 11.2. The highest BCUT2D eigenvalue weighted by Gasteiger charge is 2.13. The van der Waals surface area contributed by atoms with E-state index in [4.69, 9.17) is 5.73 Å². The van der Waals surface area contributed by atoms with Gasteiger partial charge in [-0.1, -0.05) is 6.07 Å². The SMILES string of the molecule is Cc1ccc(-c2nc3cccc(C)n3c2N)s1. The van der Waals surface area contributed by atoms with Gasteiger partial charge in [-0.15, -0.1) is 11.3 Å². The summed E-state index contributed by atoms with van der Waals surface area (Å²) in [5.74, 6) is 0.722. The van der Waals surface area contributed by atoms with Crippen LogP contribution in [0.5, 0.6) is 0 Å². The summed E-state index contributed by atoms with van der Waals surface area (Å²) >= 11 is 1.72. The van der Waals surface area contributed by atoms with E-state index in [1.165, 1.54) is 4.88 Å². The second kappa shape index (κ2) is 3.60. The van der Waals surface area contributed by atoms with Gasteiger partial charge in [-0.25, -0.2) is 4.98 Å². The van der Waals surface area contributed by atoms with Crippen molar-refractivity contribution in [2.45, 2.75) is 13.8 Å². The first-order chi connectivity index (χ1) is 8.16. The molecule has 86 valence electrons. The van der Waals surface area contributed by atoms with Crippen molar-refractivity contribution in [3.05, 3.63) is 40.9 Å². The third-order valence-electron chi connectivity index (χ3n) is 2.85. The van der Waals surface area contributed by atoms with E-state index in [0.717, 1.165) is 27.7 Å². The fourth-order valence-corrected chi connectivity index (χ4v) is 2.89. The molecule has 0 aromatic carbocycles.